The number of unbranched alkanes of at least 4 members (excludes halogenated alkanes) is 2. The monoisotopic (exact) mass is 253 g/mol. The SMILES string of the molecule is CCCCCSC(CN)c1cccc(OC)c1. The zero-order valence-corrected chi connectivity index (χ0v) is 11.6. The maximum absolute atomic E-state index is 5.85. The van der Waals surface area contributed by atoms with Gasteiger partial charge >= 0.3 is 0 Å². The lowest BCUT2D eigenvalue weighted by Crippen LogP contribution is -2.10. The van der Waals surface area contributed by atoms with Crippen LogP contribution in [-0.4, -0.2) is 19.4 Å². The molecule has 1 aromatic rings. The zero-order chi connectivity index (χ0) is 12.5. The largest absolute Gasteiger partial charge is 0.497 e. The van der Waals surface area contributed by atoms with Gasteiger partial charge in [0, 0.05) is 11.8 Å². The Labute approximate surface area is 109 Å². The number of thioether (sulfide) groups is 1. The second-order valence-electron chi connectivity index (χ2n) is 4.08. The van der Waals surface area contributed by atoms with Crippen molar-refractivity contribution in [2.24, 2.45) is 5.73 Å². The number of benzene rings is 1. The highest BCUT2D eigenvalue weighted by atomic mass is 32.2. The highest BCUT2D eigenvalue weighted by molar-refractivity contribution is 7.99. The van der Waals surface area contributed by atoms with Crippen molar-refractivity contribution in [3.63, 3.8) is 0 Å². The van der Waals surface area contributed by atoms with Crippen molar-refractivity contribution in [1.82, 2.24) is 0 Å². The molecule has 96 valence electrons. The molecule has 3 heteroatoms. The van der Waals surface area contributed by atoms with E-state index in [2.05, 4.69) is 19.1 Å². The Morgan fingerprint density at radius 1 is 1.35 bits per heavy atom. The molecule has 0 aliphatic heterocycles. The summed E-state index contributed by atoms with van der Waals surface area (Å²) < 4.78 is 5.24. The van der Waals surface area contributed by atoms with Gasteiger partial charge in [0.2, 0.25) is 0 Å². The summed E-state index contributed by atoms with van der Waals surface area (Å²) in [4.78, 5) is 0. The van der Waals surface area contributed by atoms with Gasteiger partial charge in [-0.15, -0.1) is 0 Å². The first-order valence-electron chi connectivity index (χ1n) is 6.27. The van der Waals surface area contributed by atoms with Crippen LogP contribution in [0.25, 0.3) is 0 Å². The van der Waals surface area contributed by atoms with Gasteiger partial charge in [0.05, 0.1) is 7.11 Å². The smallest absolute Gasteiger partial charge is 0.119 e. The summed E-state index contributed by atoms with van der Waals surface area (Å²) in [6.07, 6.45) is 3.86. The van der Waals surface area contributed by atoms with Gasteiger partial charge in [-0.2, -0.15) is 11.8 Å². The highest BCUT2D eigenvalue weighted by Crippen LogP contribution is 2.30. The van der Waals surface area contributed by atoms with E-state index in [0.717, 1.165) is 5.75 Å². The Morgan fingerprint density at radius 2 is 2.18 bits per heavy atom. The molecule has 0 heterocycles. The van der Waals surface area contributed by atoms with Crippen molar-refractivity contribution in [1.29, 1.82) is 0 Å². The summed E-state index contributed by atoms with van der Waals surface area (Å²) in [7, 11) is 1.70. The van der Waals surface area contributed by atoms with Crippen LogP contribution in [0.2, 0.25) is 0 Å². The van der Waals surface area contributed by atoms with E-state index in [0.29, 0.717) is 11.8 Å². The molecule has 0 saturated carbocycles. The van der Waals surface area contributed by atoms with Crippen molar-refractivity contribution in [2.75, 3.05) is 19.4 Å². The molecule has 2 N–H and O–H groups in total. The highest BCUT2D eigenvalue weighted by Gasteiger charge is 2.10. The Kier molecular flexibility index (Phi) is 7.13. The van der Waals surface area contributed by atoms with Gasteiger partial charge in [0.1, 0.15) is 5.75 Å². The minimum absolute atomic E-state index is 0.391. The van der Waals surface area contributed by atoms with Crippen LogP contribution in [0.5, 0.6) is 5.75 Å². The number of nitrogens with two attached hydrogens (primary N) is 1. The molecule has 17 heavy (non-hydrogen) atoms. The van der Waals surface area contributed by atoms with Crippen LogP contribution >= 0.6 is 11.8 Å². The Morgan fingerprint density at radius 3 is 2.82 bits per heavy atom. The van der Waals surface area contributed by atoms with E-state index in [4.69, 9.17) is 10.5 Å². The van der Waals surface area contributed by atoms with E-state index in [1.54, 1.807) is 7.11 Å². The molecule has 0 saturated heterocycles. The molecule has 1 rings (SSSR count). The van der Waals surface area contributed by atoms with Crippen LogP contribution in [0.4, 0.5) is 0 Å². The minimum Gasteiger partial charge on any atom is -0.497 e. The van der Waals surface area contributed by atoms with E-state index in [1.807, 2.05) is 23.9 Å². The molecule has 0 aromatic heterocycles. The predicted octanol–water partition coefficient (Wildman–Crippen LogP) is 3.62. The van der Waals surface area contributed by atoms with Gasteiger partial charge in [0.25, 0.3) is 0 Å². The van der Waals surface area contributed by atoms with E-state index >= 15 is 0 Å². The number of methoxy groups -OCH3 is 1. The van der Waals surface area contributed by atoms with Crippen molar-refractivity contribution in [3.05, 3.63) is 29.8 Å². The molecule has 0 aliphatic rings. The molecule has 0 radical (unpaired) electrons. The molecule has 0 spiro atoms. The number of rotatable bonds is 8. The molecule has 2 nitrogen and oxygen atoms in total. The molecule has 1 unspecified atom stereocenters. The number of ether oxygens (including phenoxy) is 1. The van der Waals surface area contributed by atoms with Crippen molar-refractivity contribution in [3.8, 4) is 5.75 Å². The van der Waals surface area contributed by atoms with Gasteiger partial charge in [-0.1, -0.05) is 31.9 Å². The third-order valence-electron chi connectivity index (χ3n) is 2.75. The van der Waals surface area contributed by atoms with Crippen LogP contribution in [0, 0.1) is 0 Å². The van der Waals surface area contributed by atoms with Crippen LogP contribution in [-0.2, 0) is 0 Å². The van der Waals surface area contributed by atoms with Gasteiger partial charge < -0.3 is 10.5 Å². The van der Waals surface area contributed by atoms with Crippen LogP contribution < -0.4 is 10.5 Å². The summed E-state index contributed by atoms with van der Waals surface area (Å²) in [5.41, 5.74) is 7.12. The Balaban J connectivity index is 2.53. The second kappa shape index (κ2) is 8.43. The summed E-state index contributed by atoms with van der Waals surface area (Å²) in [6, 6.07) is 8.22. The fourth-order valence-electron chi connectivity index (χ4n) is 1.72. The van der Waals surface area contributed by atoms with E-state index in [1.165, 1.54) is 30.6 Å². The topological polar surface area (TPSA) is 35.2 Å². The molecular formula is C14H23NOS. The van der Waals surface area contributed by atoms with Crippen molar-refractivity contribution in [2.45, 2.75) is 31.4 Å². The average Bonchev–Trinajstić information content (AvgIpc) is 2.39. The Hall–Kier alpha value is -0.670. The Bertz CT molecular complexity index is 317. The molecule has 1 aromatic carbocycles. The predicted molar refractivity (Wildman–Crippen MR) is 76.8 cm³/mol. The summed E-state index contributed by atoms with van der Waals surface area (Å²) in [5, 5.41) is 0.391. The molecule has 0 aliphatic carbocycles. The zero-order valence-electron chi connectivity index (χ0n) is 10.8. The minimum atomic E-state index is 0.391. The van der Waals surface area contributed by atoms with E-state index in [-0.39, 0.29) is 0 Å². The average molecular weight is 253 g/mol. The normalized spacial score (nSPS) is 12.4. The quantitative estimate of drug-likeness (QED) is 0.719. The fourth-order valence-corrected chi connectivity index (χ4v) is 2.85. The van der Waals surface area contributed by atoms with E-state index < -0.39 is 0 Å². The van der Waals surface area contributed by atoms with Crippen LogP contribution in [0.1, 0.15) is 37.0 Å². The van der Waals surface area contributed by atoms with Gasteiger partial charge in [-0.3, -0.25) is 0 Å². The second-order valence-corrected chi connectivity index (χ2v) is 5.39. The number of hydrogen-bond donors (Lipinski definition) is 1. The van der Waals surface area contributed by atoms with Gasteiger partial charge in [0.15, 0.2) is 0 Å². The lowest BCUT2D eigenvalue weighted by atomic mass is 10.1. The lowest BCUT2D eigenvalue weighted by Gasteiger charge is -2.15. The summed E-state index contributed by atoms with van der Waals surface area (Å²) >= 11 is 1.95. The van der Waals surface area contributed by atoms with Crippen LogP contribution in [0.3, 0.4) is 0 Å². The first-order chi connectivity index (χ1) is 8.31. The third-order valence-corrected chi connectivity index (χ3v) is 4.14. The van der Waals surface area contributed by atoms with Gasteiger partial charge in [-0.05, 0) is 29.9 Å². The lowest BCUT2D eigenvalue weighted by molar-refractivity contribution is 0.414. The maximum atomic E-state index is 5.85. The molecule has 0 fully saturated rings. The first kappa shape index (κ1) is 14.4. The van der Waals surface area contributed by atoms with Crippen molar-refractivity contribution < 1.29 is 4.74 Å². The molecule has 0 bridgehead atoms. The maximum Gasteiger partial charge on any atom is 0.119 e. The number of hydrogen-bond acceptors (Lipinski definition) is 3. The van der Waals surface area contributed by atoms with Gasteiger partial charge in [-0.25, -0.2) is 0 Å². The summed E-state index contributed by atoms with van der Waals surface area (Å²) in [6.45, 7) is 2.91. The standard InChI is InChI=1S/C14H23NOS/c1-3-4-5-9-17-14(11-15)12-7-6-8-13(10-12)16-2/h6-8,10,14H,3-5,9,11,15H2,1-2H3. The first-order valence-corrected chi connectivity index (χ1v) is 7.32. The summed E-state index contributed by atoms with van der Waals surface area (Å²) in [5.74, 6) is 2.10. The molecule has 1 atom stereocenters. The van der Waals surface area contributed by atoms with Crippen LogP contribution in [0.15, 0.2) is 24.3 Å². The van der Waals surface area contributed by atoms with Crippen molar-refractivity contribution >= 4 is 11.8 Å². The fraction of sp³-hybridized carbons (Fsp3) is 0.571. The molecule has 0 amide bonds. The molecular weight excluding hydrogens is 230 g/mol. The van der Waals surface area contributed by atoms with E-state index in [9.17, 15) is 0 Å². The third kappa shape index (κ3) is 5.00.